The van der Waals surface area contributed by atoms with Crippen molar-refractivity contribution in [2.24, 2.45) is 5.41 Å². The smallest absolute Gasteiger partial charge is 0.201 e. The first-order valence-corrected chi connectivity index (χ1v) is 6.98. The van der Waals surface area contributed by atoms with Crippen LogP contribution in [0.3, 0.4) is 0 Å². The third-order valence-corrected chi connectivity index (χ3v) is 4.39. The lowest BCUT2D eigenvalue weighted by Gasteiger charge is -2.41. The topological polar surface area (TPSA) is 18.5 Å². The molecule has 0 bridgehead atoms. The van der Waals surface area contributed by atoms with E-state index in [4.69, 9.17) is 9.47 Å². The number of rotatable bonds is 1. The molecule has 1 aromatic carbocycles. The van der Waals surface area contributed by atoms with Gasteiger partial charge >= 0.3 is 0 Å². The first-order valence-electron chi connectivity index (χ1n) is 6.98. The van der Waals surface area contributed by atoms with E-state index in [0.717, 1.165) is 5.56 Å². The summed E-state index contributed by atoms with van der Waals surface area (Å²) >= 11 is 0. The van der Waals surface area contributed by atoms with Crippen molar-refractivity contribution in [3.05, 3.63) is 35.9 Å². The van der Waals surface area contributed by atoms with E-state index in [-0.39, 0.29) is 16.6 Å². The maximum absolute atomic E-state index is 6.48. The van der Waals surface area contributed by atoms with Gasteiger partial charge in [-0.05, 0) is 27.7 Å². The van der Waals surface area contributed by atoms with Crippen molar-refractivity contribution in [2.75, 3.05) is 0 Å². The molecule has 1 aromatic rings. The van der Waals surface area contributed by atoms with Crippen LogP contribution in [0.25, 0.3) is 0 Å². The minimum absolute atomic E-state index is 0.153. The summed E-state index contributed by atoms with van der Waals surface area (Å²) < 4.78 is 13.0. The molecule has 1 saturated heterocycles. The van der Waals surface area contributed by atoms with E-state index in [1.807, 2.05) is 18.2 Å². The van der Waals surface area contributed by atoms with E-state index >= 15 is 0 Å². The van der Waals surface area contributed by atoms with Gasteiger partial charge in [-0.1, -0.05) is 51.1 Å². The summed E-state index contributed by atoms with van der Waals surface area (Å²) in [5.74, 6) is -0.707. The second-order valence-electron chi connectivity index (χ2n) is 7.46. The third-order valence-electron chi connectivity index (χ3n) is 4.39. The Balaban J connectivity index is 2.59. The van der Waals surface area contributed by atoms with Gasteiger partial charge < -0.3 is 9.47 Å². The first kappa shape index (κ1) is 14.5. The second-order valence-corrected chi connectivity index (χ2v) is 7.46. The van der Waals surface area contributed by atoms with Crippen LogP contribution in [0.5, 0.6) is 0 Å². The molecule has 1 aliphatic heterocycles. The molecule has 2 rings (SSSR count). The van der Waals surface area contributed by atoms with Crippen molar-refractivity contribution in [1.29, 1.82) is 0 Å². The highest BCUT2D eigenvalue weighted by molar-refractivity contribution is 5.25. The first-order chi connectivity index (χ1) is 8.52. The highest BCUT2D eigenvalue weighted by Crippen LogP contribution is 2.56. The quantitative estimate of drug-likeness (QED) is 0.742. The fourth-order valence-electron chi connectivity index (χ4n) is 2.50. The average Bonchev–Trinajstić information content (AvgIpc) is 2.46. The maximum Gasteiger partial charge on any atom is 0.201 e. The molecule has 0 aromatic heterocycles. The summed E-state index contributed by atoms with van der Waals surface area (Å²) in [6, 6.07) is 10.3. The van der Waals surface area contributed by atoms with Gasteiger partial charge in [-0.3, -0.25) is 0 Å². The van der Waals surface area contributed by atoms with Gasteiger partial charge in [0.05, 0.1) is 11.2 Å². The Labute approximate surface area is 117 Å². The van der Waals surface area contributed by atoms with E-state index in [9.17, 15) is 0 Å². The summed E-state index contributed by atoms with van der Waals surface area (Å²) in [5, 5.41) is 0. The van der Waals surface area contributed by atoms with Gasteiger partial charge in [-0.15, -0.1) is 0 Å². The van der Waals surface area contributed by atoms with Crippen LogP contribution in [-0.2, 0) is 15.3 Å². The van der Waals surface area contributed by atoms with Crippen LogP contribution in [0.1, 0.15) is 54.0 Å². The third kappa shape index (κ3) is 2.11. The molecule has 2 heteroatoms. The Hall–Kier alpha value is -0.860. The van der Waals surface area contributed by atoms with E-state index in [0.29, 0.717) is 0 Å². The molecule has 19 heavy (non-hydrogen) atoms. The molecule has 1 aliphatic rings. The molecule has 0 unspecified atom stereocenters. The van der Waals surface area contributed by atoms with Crippen LogP contribution in [0, 0.1) is 5.41 Å². The molecule has 106 valence electrons. The molecule has 2 nitrogen and oxygen atoms in total. The van der Waals surface area contributed by atoms with Crippen LogP contribution >= 0.6 is 0 Å². The largest absolute Gasteiger partial charge is 0.336 e. The molecule has 0 amide bonds. The lowest BCUT2D eigenvalue weighted by Crippen LogP contribution is -2.42. The van der Waals surface area contributed by atoms with Crippen LogP contribution in [0.2, 0.25) is 0 Å². The Morgan fingerprint density at radius 2 is 1.21 bits per heavy atom. The molecule has 0 radical (unpaired) electrons. The van der Waals surface area contributed by atoms with Crippen LogP contribution in [0.15, 0.2) is 30.3 Å². The number of ether oxygens (including phenoxy) is 2. The van der Waals surface area contributed by atoms with Gasteiger partial charge in [-0.25, -0.2) is 0 Å². The molecule has 0 saturated carbocycles. The van der Waals surface area contributed by atoms with Crippen molar-refractivity contribution >= 4 is 0 Å². The predicted molar refractivity (Wildman–Crippen MR) is 77.9 cm³/mol. The van der Waals surface area contributed by atoms with Crippen LogP contribution < -0.4 is 0 Å². The lowest BCUT2D eigenvalue weighted by molar-refractivity contribution is -0.261. The van der Waals surface area contributed by atoms with E-state index in [2.05, 4.69) is 60.6 Å². The van der Waals surface area contributed by atoms with Gasteiger partial charge in [0.15, 0.2) is 0 Å². The van der Waals surface area contributed by atoms with Crippen molar-refractivity contribution < 1.29 is 9.47 Å². The summed E-state index contributed by atoms with van der Waals surface area (Å²) in [6.07, 6.45) is 0. The van der Waals surface area contributed by atoms with Gasteiger partial charge in [0, 0.05) is 11.0 Å². The minimum atomic E-state index is -0.707. The minimum Gasteiger partial charge on any atom is -0.336 e. The molecule has 0 atom stereocenters. The Morgan fingerprint density at radius 3 is 1.58 bits per heavy atom. The number of hydrogen-bond donors (Lipinski definition) is 0. The van der Waals surface area contributed by atoms with Gasteiger partial charge in [-0.2, -0.15) is 0 Å². The van der Waals surface area contributed by atoms with Crippen molar-refractivity contribution in [3.8, 4) is 0 Å². The van der Waals surface area contributed by atoms with E-state index < -0.39 is 5.79 Å². The number of hydrogen-bond acceptors (Lipinski definition) is 2. The zero-order valence-corrected chi connectivity index (χ0v) is 13.2. The average molecular weight is 262 g/mol. The molecule has 1 fully saturated rings. The standard InChI is InChI=1S/C17H26O2/c1-14(2,3)17(13-11-9-8-10-12-13)18-15(4,5)16(6,7)19-17/h8-12H,1-7H3. The normalized spacial score (nSPS) is 24.4. The summed E-state index contributed by atoms with van der Waals surface area (Å²) in [5.41, 5.74) is 0.257. The molecule has 0 aliphatic carbocycles. The van der Waals surface area contributed by atoms with E-state index in [1.54, 1.807) is 0 Å². The summed E-state index contributed by atoms with van der Waals surface area (Å²) in [6.45, 7) is 14.9. The van der Waals surface area contributed by atoms with Gasteiger partial charge in [0.25, 0.3) is 0 Å². The zero-order valence-electron chi connectivity index (χ0n) is 13.2. The Bertz CT molecular complexity index is 436. The monoisotopic (exact) mass is 262 g/mol. The molecule has 0 N–H and O–H groups in total. The molecular formula is C17H26O2. The summed E-state index contributed by atoms with van der Waals surface area (Å²) in [7, 11) is 0. The molecule has 1 heterocycles. The van der Waals surface area contributed by atoms with Crippen LogP contribution in [-0.4, -0.2) is 11.2 Å². The second kappa shape index (κ2) is 4.07. The fourth-order valence-corrected chi connectivity index (χ4v) is 2.50. The van der Waals surface area contributed by atoms with Crippen LogP contribution in [0.4, 0.5) is 0 Å². The Morgan fingerprint density at radius 1 is 0.789 bits per heavy atom. The molecule has 0 spiro atoms. The maximum atomic E-state index is 6.48. The highest BCUT2D eigenvalue weighted by atomic mass is 16.8. The van der Waals surface area contributed by atoms with Crippen molar-refractivity contribution in [1.82, 2.24) is 0 Å². The highest BCUT2D eigenvalue weighted by Gasteiger charge is 2.62. The van der Waals surface area contributed by atoms with Gasteiger partial charge in [0.1, 0.15) is 0 Å². The van der Waals surface area contributed by atoms with Crippen molar-refractivity contribution in [3.63, 3.8) is 0 Å². The predicted octanol–water partition coefficient (Wildman–Crippen LogP) is 4.49. The SMILES string of the molecule is CC(C)(C)C1(c2ccccc2)OC(C)(C)C(C)(C)O1. The fraction of sp³-hybridized carbons (Fsp3) is 0.647. The Kier molecular flexibility index (Phi) is 3.11. The van der Waals surface area contributed by atoms with Crippen molar-refractivity contribution in [2.45, 2.75) is 65.5 Å². The molecular weight excluding hydrogens is 236 g/mol. The van der Waals surface area contributed by atoms with Gasteiger partial charge in [0.2, 0.25) is 5.79 Å². The van der Waals surface area contributed by atoms with E-state index in [1.165, 1.54) is 0 Å². The summed E-state index contributed by atoms with van der Waals surface area (Å²) in [4.78, 5) is 0. The lowest BCUT2D eigenvalue weighted by atomic mass is 9.80. The number of benzene rings is 1. The zero-order chi connectivity index (χ0) is 14.5.